The standard InChI is InChI=1S/C13H17BrO2/c1-2-11(14)8-10-4-5-12-13(9-10)16-7-3-6-15-12/h4-5,9,11H,2-3,6-8H2,1H3. The molecule has 0 fully saturated rings. The molecular formula is C13H17BrO2. The zero-order chi connectivity index (χ0) is 11.4. The van der Waals surface area contributed by atoms with Crippen LogP contribution in [0.2, 0.25) is 0 Å². The maximum absolute atomic E-state index is 5.66. The Bertz CT molecular complexity index is 352. The van der Waals surface area contributed by atoms with Crippen LogP contribution in [0.3, 0.4) is 0 Å². The highest BCUT2D eigenvalue weighted by molar-refractivity contribution is 9.09. The predicted octanol–water partition coefficient (Wildman–Crippen LogP) is 3.56. The van der Waals surface area contributed by atoms with Gasteiger partial charge in [-0.25, -0.2) is 0 Å². The predicted molar refractivity (Wildman–Crippen MR) is 68.8 cm³/mol. The Labute approximate surface area is 105 Å². The Balaban J connectivity index is 2.14. The van der Waals surface area contributed by atoms with Crippen molar-refractivity contribution in [2.45, 2.75) is 31.0 Å². The molecule has 88 valence electrons. The van der Waals surface area contributed by atoms with Gasteiger partial charge in [-0.2, -0.15) is 0 Å². The molecule has 0 spiro atoms. The van der Waals surface area contributed by atoms with Crippen LogP contribution in [0.25, 0.3) is 0 Å². The van der Waals surface area contributed by atoms with E-state index in [0.717, 1.165) is 44.0 Å². The summed E-state index contributed by atoms with van der Waals surface area (Å²) in [6.07, 6.45) is 3.13. The van der Waals surface area contributed by atoms with Crippen molar-refractivity contribution in [1.29, 1.82) is 0 Å². The van der Waals surface area contributed by atoms with Crippen LogP contribution in [0.5, 0.6) is 11.5 Å². The van der Waals surface area contributed by atoms with Gasteiger partial charge in [0.15, 0.2) is 11.5 Å². The average Bonchev–Trinajstić information content (AvgIpc) is 2.53. The fourth-order valence-corrected chi connectivity index (χ4v) is 2.11. The number of halogens is 1. The summed E-state index contributed by atoms with van der Waals surface area (Å²) in [4.78, 5) is 0.539. The number of alkyl halides is 1. The van der Waals surface area contributed by atoms with E-state index in [0.29, 0.717) is 4.83 Å². The van der Waals surface area contributed by atoms with E-state index >= 15 is 0 Å². The van der Waals surface area contributed by atoms with Gasteiger partial charge in [-0.15, -0.1) is 0 Å². The van der Waals surface area contributed by atoms with Crippen LogP contribution < -0.4 is 9.47 Å². The van der Waals surface area contributed by atoms with Gasteiger partial charge >= 0.3 is 0 Å². The van der Waals surface area contributed by atoms with Crippen LogP contribution in [0.4, 0.5) is 0 Å². The molecule has 0 amide bonds. The van der Waals surface area contributed by atoms with Crippen LogP contribution in [0.1, 0.15) is 25.3 Å². The smallest absolute Gasteiger partial charge is 0.161 e. The van der Waals surface area contributed by atoms with E-state index in [-0.39, 0.29) is 0 Å². The van der Waals surface area contributed by atoms with E-state index in [1.54, 1.807) is 0 Å². The van der Waals surface area contributed by atoms with Gasteiger partial charge in [0.2, 0.25) is 0 Å². The van der Waals surface area contributed by atoms with Gasteiger partial charge in [0.25, 0.3) is 0 Å². The van der Waals surface area contributed by atoms with Crippen molar-refractivity contribution in [1.82, 2.24) is 0 Å². The lowest BCUT2D eigenvalue weighted by Gasteiger charge is -2.11. The first-order chi connectivity index (χ1) is 7.79. The van der Waals surface area contributed by atoms with Crippen LogP contribution in [-0.2, 0) is 6.42 Å². The van der Waals surface area contributed by atoms with Crippen molar-refractivity contribution in [2.75, 3.05) is 13.2 Å². The molecule has 3 heteroatoms. The van der Waals surface area contributed by atoms with E-state index in [2.05, 4.69) is 35.0 Å². The number of hydrogen-bond acceptors (Lipinski definition) is 2. The molecule has 2 rings (SSSR count). The largest absolute Gasteiger partial charge is 0.490 e. The lowest BCUT2D eigenvalue weighted by molar-refractivity contribution is 0.297. The first-order valence-corrected chi connectivity index (χ1v) is 6.73. The molecule has 1 aromatic carbocycles. The fourth-order valence-electron chi connectivity index (χ4n) is 1.73. The summed E-state index contributed by atoms with van der Waals surface area (Å²) in [7, 11) is 0. The molecule has 0 N–H and O–H groups in total. The molecule has 1 aromatic rings. The summed E-state index contributed by atoms with van der Waals surface area (Å²) < 4.78 is 11.3. The second-order valence-corrected chi connectivity index (χ2v) is 5.34. The van der Waals surface area contributed by atoms with E-state index in [1.165, 1.54) is 5.56 Å². The van der Waals surface area contributed by atoms with Crippen LogP contribution >= 0.6 is 15.9 Å². The van der Waals surface area contributed by atoms with E-state index in [9.17, 15) is 0 Å². The minimum absolute atomic E-state index is 0.539. The summed E-state index contributed by atoms with van der Waals surface area (Å²) in [6, 6.07) is 6.24. The van der Waals surface area contributed by atoms with Crippen LogP contribution in [-0.4, -0.2) is 18.0 Å². The van der Waals surface area contributed by atoms with Crippen LogP contribution in [0, 0.1) is 0 Å². The molecular weight excluding hydrogens is 268 g/mol. The third-order valence-corrected chi connectivity index (χ3v) is 3.68. The Morgan fingerprint density at radius 3 is 2.75 bits per heavy atom. The van der Waals surface area contributed by atoms with Gasteiger partial charge in [-0.1, -0.05) is 28.9 Å². The molecule has 1 unspecified atom stereocenters. The molecule has 0 radical (unpaired) electrons. The lowest BCUT2D eigenvalue weighted by Crippen LogP contribution is -2.01. The van der Waals surface area contributed by atoms with Crippen molar-refractivity contribution >= 4 is 15.9 Å². The second-order valence-electron chi connectivity index (χ2n) is 4.04. The maximum Gasteiger partial charge on any atom is 0.161 e. The molecule has 1 heterocycles. The van der Waals surface area contributed by atoms with Crippen molar-refractivity contribution in [3.8, 4) is 11.5 Å². The minimum Gasteiger partial charge on any atom is -0.490 e. The lowest BCUT2D eigenvalue weighted by atomic mass is 10.1. The first-order valence-electron chi connectivity index (χ1n) is 5.82. The van der Waals surface area contributed by atoms with Gasteiger partial charge in [-0.05, 0) is 30.5 Å². The molecule has 0 aliphatic carbocycles. The number of fused-ring (bicyclic) bond motifs is 1. The first kappa shape index (κ1) is 11.8. The van der Waals surface area contributed by atoms with Crippen molar-refractivity contribution in [3.63, 3.8) is 0 Å². The Hall–Kier alpha value is -0.700. The van der Waals surface area contributed by atoms with Crippen molar-refractivity contribution in [2.24, 2.45) is 0 Å². The number of ether oxygens (including phenoxy) is 2. The molecule has 1 aliphatic rings. The van der Waals surface area contributed by atoms with E-state index in [4.69, 9.17) is 9.47 Å². The molecule has 16 heavy (non-hydrogen) atoms. The molecule has 0 saturated carbocycles. The minimum atomic E-state index is 0.539. The summed E-state index contributed by atoms with van der Waals surface area (Å²) in [5.74, 6) is 1.77. The topological polar surface area (TPSA) is 18.5 Å². The monoisotopic (exact) mass is 284 g/mol. The van der Waals surface area contributed by atoms with Gasteiger partial charge < -0.3 is 9.47 Å². The number of benzene rings is 1. The number of rotatable bonds is 3. The second kappa shape index (κ2) is 5.58. The highest BCUT2D eigenvalue weighted by Crippen LogP contribution is 2.31. The van der Waals surface area contributed by atoms with Crippen LogP contribution in [0.15, 0.2) is 18.2 Å². The SMILES string of the molecule is CCC(Br)Cc1ccc2c(c1)OCCCO2. The summed E-state index contributed by atoms with van der Waals surface area (Å²) in [6.45, 7) is 3.69. The van der Waals surface area contributed by atoms with Gasteiger partial charge in [0, 0.05) is 11.2 Å². The van der Waals surface area contributed by atoms with E-state index in [1.807, 2.05) is 6.07 Å². The van der Waals surface area contributed by atoms with Gasteiger partial charge in [0.05, 0.1) is 13.2 Å². The highest BCUT2D eigenvalue weighted by atomic mass is 79.9. The molecule has 1 aliphatic heterocycles. The third-order valence-electron chi connectivity index (χ3n) is 2.71. The summed E-state index contributed by atoms with van der Waals surface area (Å²) >= 11 is 3.65. The van der Waals surface area contributed by atoms with Crippen molar-refractivity contribution < 1.29 is 9.47 Å². The van der Waals surface area contributed by atoms with Crippen molar-refractivity contribution in [3.05, 3.63) is 23.8 Å². The van der Waals surface area contributed by atoms with E-state index < -0.39 is 0 Å². The van der Waals surface area contributed by atoms with Gasteiger partial charge in [-0.3, -0.25) is 0 Å². The molecule has 0 aromatic heterocycles. The number of hydrogen-bond donors (Lipinski definition) is 0. The fraction of sp³-hybridized carbons (Fsp3) is 0.538. The Morgan fingerprint density at radius 1 is 1.25 bits per heavy atom. The average molecular weight is 285 g/mol. The quantitative estimate of drug-likeness (QED) is 0.790. The normalized spacial score (nSPS) is 16.6. The third kappa shape index (κ3) is 2.91. The molecule has 0 saturated heterocycles. The molecule has 0 bridgehead atoms. The Morgan fingerprint density at radius 2 is 2.00 bits per heavy atom. The molecule has 2 nitrogen and oxygen atoms in total. The zero-order valence-electron chi connectivity index (χ0n) is 9.54. The Kier molecular flexibility index (Phi) is 4.10. The summed E-state index contributed by atoms with van der Waals surface area (Å²) in [5, 5.41) is 0. The van der Waals surface area contributed by atoms with Gasteiger partial charge in [0.1, 0.15) is 0 Å². The summed E-state index contributed by atoms with van der Waals surface area (Å²) in [5.41, 5.74) is 1.30. The molecule has 1 atom stereocenters. The zero-order valence-corrected chi connectivity index (χ0v) is 11.1. The highest BCUT2D eigenvalue weighted by Gasteiger charge is 2.11. The maximum atomic E-state index is 5.66.